The molecular weight excluding hydrogens is 232 g/mol. The second-order valence-corrected chi connectivity index (χ2v) is 5.08. The maximum absolute atomic E-state index is 11.8. The van der Waals surface area contributed by atoms with Gasteiger partial charge in [0, 0.05) is 6.04 Å². The molecule has 0 aliphatic heterocycles. The predicted octanol–water partition coefficient (Wildman–Crippen LogP) is 2.70. The van der Waals surface area contributed by atoms with E-state index in [0.29, 0.717) is 11.7 Å². The third-order valence-electron chi connectivity index (χ3n) is 2.67. The van der Waals surface area contributed by atoms with E-state index >= 15 is 0 Å². The molecule has 1 fully saturated rings. The minimum atomic E-state index is -0.0640. The molecule has 1 saturated carbocycles. The molecule has 2 aromatic rings. The summed E-state index contributed by atoms with van der Waals surface area (Å²) in [4.78, 5) is 17.3. The van der Waals surface area contributed by atoms with Gasteiger partial charge in [-0.05, 0) is 36.4 Å². The standard InChI is InChI=1S/C13H12N2OS/c16-13(14-9-6-7-9)11-4-1-3-10(15-11)12-5-2-8-17-12/h1-5,8-9H,6-7H2,(H,14,16). The summed E-state index contributed by atoms with van der Waals surface area (Å²) >= 11 is 1.63. The van der Waals surface area contributed by atoms with E-state index in [2.05, 4.69) is 10.3 Å². The van der Waals surface area contributed by atoms with Crippen LogP contribution < -0.4 is 5.32 Å². The van der Waals surface area contributed by atoms with Crippen LogP contribution in [0.1, 0.15) is 23.3 Å². The van der Waals surface area contributed by atoms with Crippen molar-refractivity contribution in [2.45, 2.75) is 18.9 Å². The molecule has 1 aliphatic carbocycles. The molecule has 2 aromatic heterocycles. The summed E-state index contributed by atoms with van der Waals surface area (Å²) < 4.78 is 0. The number of rotatable bonds is 3. The molecule has 86 valence electrons. The van der Waals surface area contributed by atoms with Crippen LogP contribution in [0.5, 0.6) is 0 Å². The van der Waals surface area contributed by atoms with Gasteiger partial charge in [0.1, 0.15) is 5.69 Å². The van der Waals surface area contributed by atoms with Gasteiger partial charge in [0.25, 0.3) is 5.91 Å². The van der Waals surface area contributed by atoms with E-state index in [-0.39, 0.29) is 5.91 Å². The SMILES string of the molecule is O=C(NC1CC1)c1cccc(-c2cccs2)n1. The largest absolute Gasteiger partial charge is 0.348 e. The number of pyridine rings is 1. The maximum Gasteiger partial charge on any atom is 0.270 e. The van der Waals surface area contributed by atoms with Crippen molar-refractivity contribution < 1.29 is 4.79 Å². The fourth-order valence-electron chi connectivity index (χ4n) is 1.61. The number of thiophene rings is 1. The van der Waals surface area contributed by atoms with Gasteiger partial charge in [0.2, 0.25) is 0 Å². The summed E-state index contributed by atoms with van der Waals surface area (Å²) in [5.74, 6) is -0.0640. The van der Waals surface area contributed by atoms with E-state index in [9.17, 15) is 4.79 Å². The minimum Gasteiger partial charge on any atom is -0.348 e. The van der Waals surface area contributed by atoms with Crippen LogP contribution in [-0.2, 0) is 0 Å². The average Bonchev–Trinajstić information content (AvgIpc) is 3.00. The van der Waals surface area contributed by atoms with E-state index in [4.69, 9.17) is 0 Å². The van der Waals surface area contributed by atoms with Crippen LogP contribution in [0, 0.1) is 0 Å². The molecule has 3 rings (SSSR count). The first-order valence-electron chi connectivity index (χ1n) is 5.65. The van der Waals surface area contributed by atoms with E-state index < -0.39 is 0 Å². The van der Waals surface area contributed by atoms with E-state index in [1.165, 1.54) is 0 Å². The Bertz CT molecular complexity index is 532. The Hall–Kier alpha value is -1.68. The Balaban J connectivity index is 1.85. The molecular formula is C13H12N2OS. The van der Waals surface area contributed by atoms with Gasteiger partial charge in [-0.3, -0.25) is 4.79 Å². The van der Waals surface area contributed by atoms with Crippen LogP contribution >= 0.6 is 11.3 Å². The number of hydrogen-bond donors (Lipinski definition) is 1. The second-order valence-electron chi connectivity index (χ2n) is 4.13. The quantitative estimate of drug-likeness (QED) is 0.902. The minimum absolute atomic E-state index is 0.0640. The van der Waals surface area contributed by atoms with Crippen LogP contribution in [-0.4, -0.2) is 16.9 Å². The van der Waals surface area contributed by atoms with Crippen LogP contribution in [0.25, 0.3) is 10.6 Å². The normalized spacial score (nSPS) is 14.6. The fraction of sp³-hybridized carbons (Fsp3) is 0.231. The average molecular weight is 244 g/mol. The molecule has 1 aliphatic rings. The molecule has 17 heavy (non-hydrogen) atoms. The first-order valence-corrected chi connectivity index (χ1v) is 6.53. The van der Waals surface area contributed by atoms with Crippen molar-refractivity contribution in [2.24, 2.45) is 0 Å². The van der Waals surface area contributed by atoms with Gasteiger partial charge in [-0.1, -0.05) is 12.1 Å². The summed E-state index contributed by atoms with van der Waals surface area (Å²) in [5, 5.41) is 4.95. The van der Waals surface area contributed by atoms with E-state index in [1.807, 2.05) is 29.6 Å². The van der Waals surface area contributed by atoms with Crippen LogP contribution in [0.3, 0.4) is 0 Å². The van der Waals surface area contributed by atoms with Gasteiger partial charge in [0.05, 0.1) is 10.6 Å². The van der Waals surface area contributed by atoms with Gasteiger partial charge in [0.15, 0.2) is 0 Å². The summed E-state index contributed by atoms with van der Waals surface area (Å²) in [7, 11) is 0. The lowest BCUT2D eigenvalue weighted by molar-refractivity contribution is 0.0946. The number of amides is 1. The lowest BCUT2D eigenvalue weighted by atomic mass is 10.2. The first kappa shape index (κ1) is 10.5. The summed E-state index contributed by atoms with van der Waals surface area (Å²) in [6, 6.07) is 9.93. The molecule has 0 unspecified atom stereocenters. The van der Waals surface area contributed by atoms with Crippen molar-refractivity contribution in [1.29, 1.82) is 0 Å². The Morgan fingerprint density at radius 3 is 2.88 bits per heavy atom. The number of nitrogens with one attached hydrogen (secondary N) is 1. The second kappa shape index (κ2) is 4.30. The molecule has 0 radical (unpaired) electrons. The molecule has 0 spiro atoms. The highest BCUT2D eigenvalue weighted by molar-refractivity contribution is 7.13. The molecule has 0 atom stereocenters. The van der Waals surface area contributed by atoms with Crippen molar-refractivity contribution in [3.05, 3.63) is 41.4 Å². The Kier molecular flexibility index (Phi) is 2.65. The zero-order valence-electron chi connectivity index (χ0n) is 9.22. The summed E-state index contributed by atoms with van der Waals surface area (Å²) in [5.41, 5.74) is 1.37. The van der Waals surface area contributed by atoms with Crippen LogP contribution in [0.4, 0.5) is 0 Å². The van der Waals surface area contributed by atoms with Crippen molar-refractivity contribution in [3.8, 4) is 10.6 Å². The molecule has 1 N–H and O–H groups in total. The van der Waals surface area contributed by atoms with Crippen molar-refractivity contribution in [2.75, 3.05) is 0 Å². The van der Waals surface area contributed by atoms with Crippen molar-refractivity contribution in [1.82, 2.24) is 10.3 Å². The Morgan fingerprint density at radius 1 is 1.29 bits per heavy atom. The van der Waals surface area contributed by atoms with Crippen molar-refractivity contribution in [3.63, 3.8) is 0 Å². The molecule has 0 bridgehead atoms. The number of hydrogen-bond acceptors (Lipinski definition) is 3. The highest BCUT2D eigenvalue weighted by atomic mass is 32.1. The van der Waals surface area contributed by atoms with Gasteiger partial charge >= 0.3 is 0 Å². The number of nitrogens with zero attached hydrogens (tertiary/aromatic N) is 1. The number of carbonyl (C=O) groups is 1. The maximum atomic E-state index is 11.8. The highest BCUT2D eigenvalue weighted by Gasteiger charge is 2.24. The predicted molar refractivity (Wildman–Crippen MR) is 68.0 cm³/mol. The monoisotopic (exact) mass is 244 g/mol. The lowest BCUT2D eigenvalue weighted by Gasteiger charge is -2.03. The van der Waals surface area contributed by atoms with Gasteiger partial charge in [-0.15, -0.1) is 11.3 Å². The third kappa shape index (κ3) is 2.36. The van der Waals surface area contributed by atoms with Gasteiger partial charge in [-0.2, -0.15) is 0 Å². The van der Waals surface area contributed by atoms with Crippen LogP contribution in [0.15, 0.2) is 35.7 Å². The van der Waals surface area contributed by atoms with Gasteiger partial charge in [-0.25, -0.2) is 4.98 Å². The molecule has 1 amide bonds. The molecule has 4 heteroatoms. The molecule has 3 nitrogen and oxygen atoms in total. The van der Waals surface area contributed by atoms with Crippen molar-refractivity contribution >= 4 is 17.2 Å². The van der Waals surface area contributed by atoms with E-state index in [0.717, 1.165) is 23.4 Å². The Morgan fingerprint density at radius 2 is 2.18 bits per heavy atom. The summed E-state index contributed by atoms with van der Waals surface area (Å²) in [6.45, 7) is 0. The topological polar surface area (TPSA) is 42.0 Å². The zero-order valence-corrected chi connectivity index (χ0v) is 10.0. The van der Waals surface area contributed by atoms with Gasteiger partial charge < -0.3 is 5.32 Å². The highest BCUT2D eigenvalue weighted by Crippen LogP contribution is 2.23. The Labute approximate surface area is 104 Å². The zero-order chi connectivity index (χ0) is 11.7. The molecule has 2 heterocycles. The number of carbonyl (C=O) groups excluding carboxylic acids is 1. The lowest BCUT2D eigenvalue weighted by Crippen LogP contribution is -2.26. The third-order valence-corrected chi connectivity index (χ3v) is 3.56. The van der Waals surface area contributed by atoms with Crippen LogP contribution in [0.2, 0.25) is 0 Å². The molecule has 0 aromatic carbocycles. The van der Waals surface area contributed by atoms with E-state index in [1.54, 1.807) is 17.4 Å². The first-order chi connectivity index (χ1) is 8.33. The summed E-state index contributed by atoms with van der Waals surface area (Å²) in [6.07, 6.45) is 2.19. The fourth-order valence-corrected chi connectivity index (χ4v) is 2.31. The number of aromatic nitrogens is 1. The molecule has 0 saturated heterocycles. The smallest absolute Gasteiger partial charge is 0.270 e.